The lowest BCUT2D eigenvalue weighted by Crippen LogP contribution is -2.22. The lowest BCUT2D eigenvalue weighted by Gasteiger charge is -2.16. The van der Waals surface area contributed by atoms with E-state index in [0.717, 1.165) is 16.5 Å². The van der Waals surface area contributed by atoms with E-state index in [1.807, 2.05) is 32.0 Å². The van der Waals surface area contributed by atoms with Crippen LogP contribution in [0.1, 0.15) is 37.2 Å². The van der Waals surface area contributed by atoms with Gasteiger partial charge in [0, 0.05) is 20.9 Å². The summed E-state index contributed by atoms with van der Waals surface area (Å²) in [7, 11) is 0. The molecule has 0 saturated carbocycles. The summed E-state index contributed by atoms with van der Waals surface area (Å²) >= 11 is 25.8. The molecule has 6 nitrogen and oxygen atoms in total. The first kappa shape index (κ1) is 28.9. The van der Waals surface area contributed by atoms with Crippen LogP contribution in [0.15, 0.2) is 61.3 Å². The van der Waals surface area contributed by atoms with E-state index in [2.05, 4.69) is 41.9 Å². The Kier molecular flexibility index (Phi) is 9.76. The molecule has 4 aromatic rings. The Bertz CT molecular complexity index is 1590. The van der Waals surface area contributed by atoms with Crippen molar-refractivity contribution in [1.82, 2.24) is 9.66 Å². The van der Waals surface area contributed by atoms with Gasteiger partial charge in [-0.3, -0.25) is 4.79 Å². The van der Waals surface area contributed by atoms with Crippen LogP contribution in [0.5, 0.6) is 11.5 Å². The van der Waals surface area contributed by atoms with E-state index in [1.165, 1.54) is 4.68 Å². The van der Waals surface area contributed by atoms with Gasteiger partial charge in [0.25, 0.3) is 5.56 Å². The maximum atomic E-state index is 13.3. The summed E-state index contributed by atoms with van der Waals surface area (Å²) in [4.78, 5) is 18.0. The first-order chi connectivity index (χ1) is 18.2. The molecular formula is C27H22Br2Cl3N3O3. The van der Waals surface area contributed by atoms with Gasteiger partial charge in [0.1, 0.15) is 17.5 Å². The van der Waals surface area contributed by atoms with Gasteiger partial charge in [0.05, 0.1) is 33.8 Å². The van der Waals surface area contributed by atoms with Gasteiger partial charge in [0.15, 0.2) is 11.5 Å². The van der Waals surface area contributed by atoms with Crippen molar-refractivity contribution < 1.29 is 9.47 Å². The van der Waals surface area contributed by atoms with E-state index in [4.69, 9.17) is 44.3 Å². The Hall–Kier alpha value is -2.10. The fourth-order valence-electron chi connectivity index (χ4n) is 3.70. The molecule has 0 radical (unpaired) electrons. The average molecular weight is 703 g/mol. The maximum absolute atomic E-state index is 13.3. The van der Waals surface area contributed by atoms with Crippen LogP contribution in [0.3, 0.4) is 0 Å². The van der Waals surface area contributed by atoms with Crippen LogP contribution in [0, 0.1) is 0 Å². The lowest BCUT2D eigenvalue weighted by molar-refractivity contribution is 0.269. The van der Waals surface area contributed by atoms with E-state index < -0.39 is 0 Å². The molecule has 198 valence electrons. The maximum Gasteiger partial charge on any atom is 0.282 e. The second kappa shape index (κ2) is 12.8. The van der Waals surface area contributed by atoms with Gasteiger partial charge in [-0.1, -0.05) is 63.7 Å². The number of benzene rings is 3. The van der Waals surface area contributed by atoms with E-state index in [-0.39, 0.29) is 12.2 Å². The number of ether oxygens (including phenoxy) is 2. The largest absolute Gasteiger partial charge is 0.490 e. The summed E-state index contributed by atoms with van der Waals surface area (Å²) in [6.07, 6.45) is 2.94. The first-order valence-electron chi connectivity index (χ1n) is 11.7. The van der Waals surface area contributed by atoms with E-state index in [0.29, 0.717) is 66.4 Å². The molecule has 0 unspecified atom stereocenters. The number of hydrogen-bond donors (Lipinski definition) is 0. The van der Waals surface area contributed by atoms with Crippen molar-refractivity contribution in [3.63, 3.8) is 0 Å². The number of aryl methyl sites for hydroxylation is 1. The van der Waals surface area contributed by atoms with Crippen LogP contribution >= 0.6 is 66.7 Å². The molecule has 0 aliphatic rings. The second-order valence-corrected chi connectivity index (χ2v) is 11.1. The van der Waals surface area contributed by atoms with Gasteiger partial charge < -0.3 is 9.47 Å². The van der Waals surface area contributed by atoms with Gasteiger partial charge in [-0.15, -0.1) is 0 Å². The monoisotopic (exact) mass is 699 g/mol. The van der Waals surface area contributed by atoms with Crippen molar-refractivity contribution in [2.75, 3.05) is 6.61 Å². The Balaban J connectivity index is 1.73. The van der Waals surface area contributed by atoms with Gasteiger partial charge in [-0.25, -0.2) is 4.98 Å². The molecule has 4 rings (SSSR count). The zero-order valence-electron chi connectivity index (χ0n) is 20.4. The van der Waals surface area contributed by atoms with Crippen molar-refractivity contribution in [3.05, 3.63) is 93.8 Å². The molecule has 0 aliphatic carbocycles. The topological polar surface area (TPSA) is 65.7 Å². The molecule has 0 bridgehead atoms. The fraction of sp³-hybridized carbons (Fsp3) is 0.222. The smallest absolute Gasteiger partial charge is 0.282 e. The van der Waals surface area contributed by atoms with Crippen LogP contribution in [-0.2, 0) is 13.0 Å². The summed E-state index contributed by atoms with van der Waals surface area (Å²) in [6.45, 7) is 4.47. The van der Waals surface area contributed by atoms with Crippen LogP contribution in [-0.4, -0.2) is 22.5 Å². The quantitative estimate of drug-likeness (QED) is 0.164. The third-order valence-electron chi connectivity index (χ3n) is 5.48. The van der Waals surface area contributed by atoms with E-state index >= 15 is 0 Å². The highest BCUT2D eigenvalue weighted by molar-refractivity contribution is 9.10. The molecule has 0 saturated heterocycles. The molecule has 3 aromatic carbocycles. The van der Waals surface area contributed by atoms with Gasteiger partial charge in [-0.05, 0) is 71.2 Å². The molecule has 0 atom stereocenters. The highest BCUT2D eigenvalue weighted by Crippen LogP contribution is 2.42. The number of aromatic nitrogens is 2. The molecule has 38 heavy (non-hydrogen) atoms. The number of rotatable bonds is 9. The van der Waals surface area contributed by atoms with Crippen molar-refractivity contribution in [2.45, 2.75) is 33.3 Å². The Morgan fingerprint density at radius 3 is 2.53 bits per heavy atom. The molecule has 0 spiro atoms. The third-order valence-corrected chi connectivity index (χ3v) is 8.16. The summed E-state index contributed by atoms with van der Waals surface area (Å²) in [5.41, 5.74) is 1.78. The minimum atomic E-state index is -0.259. The Labute approximate surface area is 251 Å². The molecule has 0 aliphatic heterocycles. The van der Waals surface area contributed by atoms with Crippen molar-refractivity contribution >= 4 is 83.8 Å². The Morgan fingerprint density at radius 2 is 1.82 bits per heavy atom. The molecule has 0 amide bonds. The van der Waals surface area contributed by atoms with Crippen molar-refractivity contribution in [2.24, 2.45) is 5.10 Å². The second-order valence-electron chi connectivity index (χ2n) is 8.19. The minimum absolute atomic E-state index is 0.199. The van der Waals surface area contributed by atoms with Crippen LogP contribution in [0.2, 0.25) is 15.1 Å². The zero-order chi connectivity index (χ0) is 27.4. The van der Waals surface area contributed by atoms with E-state index in [1.54, 1.807) is 30.5 Å². The summed E-state index contributed by atoms with van der Waals surface area (Å²) in [6, 6.07) is 12.4. The van der Waals surface area contributed by atoms with Crippen LogP contribution in [0.25, 0.3) is 10.9 Å². The Morgan fingerprint density at radius 1 is 1.03 bits per heavy atom. The first-order valence-corrected chi connectivity index (χ1v) is 14.4. The van der Waals surface area contributed by atoms with E-state index in [9.17, 15) is 4.79 Å². The third kappa shape index (κ3) is 6.37. The molecule has 0 fully saturated rings. The molecular weight excluding hydrogens is 680 g/mol. The summed E-state index contributed by atoms with van der Waals surface area (Å²) < 4.78 is 14.5. The number of hydrogen-bond acceptors (Lipinski definition) is 5. The molecule has 0 N–H and O–H groups in total. The van der Waals surface area contributed by atoms with Crippen LogP contribution < -0.4 is 15.0 Å². The minimum Gasteiger partial charge on any atom is -0.490 e. The predicted octanol–water partition coefficient (Wildman–Crippen LogP) is 8.69. The number of halogens is 5. The lowest BCUT2D eigenvalue weighted by atomic mass is 10.2. The molecule has 1 aromatic heterocycles. The van der Waals surface area contributed by atoms with Crippen molar-refractivity contribution in [3.8, 4) is 11.5 Å². The highest BCUT2D eigenvalue weighted by atomic mass is 79.9. The summed E-state index contributed by atoms with van der Waals surface area (Å²) in [5.74, 6) is 1.37. The number of fused-ring (bicyclic) bond motifs is 1. The predicted molar refractivity (Wildman–Crippen MR) is 162 cm³/mol. The zero-order valence-corrected chi connectivity index (χ0v) is 25.8. The standard InChI is InChI=1S/C27H22Br2Cl3N3O3/c1-3-5-23-34-21-9-7-17(28)12-18(21)27(36)35(23)33-13-16-11-22(37-4-2)26(25(32)24(16)29)38-14-15-6-8-19(30)20(31)10-15/h6-13H,3-5,14H2,1-2H3. The SMILES string of the molecule is CCCc1nc2ccc(Br)cc2c(=O)n1N=Cc1cc(OCC)c(OCc2ccc(Cl)c(Cl)c2)c(Cl)c1Br. The average Bonchev–Trinajstić information content (AvgIpc) is 2.89. The molecule has 1 heterocycles. The van der Waals surface area contributed by atoms with Gasteiger partial charge in [0.2, 0.25) is 0 Å². The number of nitrogens with zero attached hydrogens (tertiary/aromatic N) is 3. The van der Waals surface area contributed by atoms with Crippen molar-refractivity contribution in [1.29, 1.82) is 0 Å². The van der Waals surface area contributed by atoms with Gasteiger partial charge in [-0.2, -0.15) is 9.78 Å². The molecule has 11 heteroatoms. The fourth-order valence-corrected chi connectivity index (χ4v) is 5.04. The van der Waals surface area contributed by atoms with Gasteiger partial charge >= 0.3 is 0 Å². The highest BCUT2D eigenvalue weighted by Gasteiger charge is 2.18. The normalized spacial score (nSPS) is 11.4. The van der Waals surface area contributed by atoms with Crippen LogP contribution in [0.4, 0.5) is 0 Å². The summed E-state index contributed by atoms with van der Waals surface area (Å²) in [5, 5.41) is 6.18.